The summed E-state index contributed by atoms with van der Waals surface area (Å²) in [6, 6.07) is 11.0. The van der Waals surface area contributed by atoms with Gasteiger partial charge in [-0.2, -0.15) is 0 Å². The Hall–Kier alpha value is -1.90. The Kier molecular flexibility index (Phi) is 6.80. The fraction of sp³-hybridized carbons (Fsp3) is 0.278. The largest absolute Gasteiger partial charge is 0.326 e. The molecule has 0 fully saturated rings. The van der Waals surface area contributed by atoms with Crippen LogP contribution >= 0.6 is 11.8 Å². The third-order valence-electron chi connectivity index (χ3n) is 3.69. The summed E-state index contributed by atoms with van der Waals surface area (Å²) in [5.74, 6) is -0.145. The molecule has 0 heterocycles. The molecule has 26 heavy (non-hydrogen) atoms. The lowest BCUT2D eigenvalue weighted by Crippen LogP contribution is -2.22. The van der Waals surface area contributed by atoms with Crippen LogP contribution in [0.5, 0.6) is 0 Å². The maximum atomic E-state index is 13.6. The molecule has 0 aliphatic carbocycles. The lowest BCUT2D eigenvalue weighted by molar-refractivity contribution is -0.115. The molecule has 0 saturated carbocycles. The second kappa shape index (κ2) is 8.66. The van der Waals surface area contributed by atoms with Gasteiger partial charge in [-0.1, -0.05) is 18.2 Å². The van der Waals surface area contributed by atoms with Crippen LogP contribution in [0, 0.1) is 12.7 Å². The number of aryl methyl sites for hydroxylation is 1. The number of hydrogen-bond donors (Lipinski definition) is 1. The average molecular weight is 397 g/mol. The van der Waals surface area contributed by atoms with E-state index in [-0.39, 0.29) is 23.0 Å². The number of sulfonamides is 1. The molecule has 8 heteroatoms. The van der Waals surface area contributed by atoms with Crippen LogP contribution in [0.4, 0.5) is 10.1 Å². The van der Waals surface area contributed by atoms with Crippen LogP contribution in [0.1, 0.15) is 12.0 Å². The van der Waals surface area contributed by atoms with Gasteiger partial charge in [0.2, 0.25) is 15.9 Å². The minimum absolute atomic E-state index is 0.115. The first kappa shape index (κ1) is 20.4. The fourth-order valence-corrected chi connectivity index (χ4v) is 3.95. The highest BCUT2D eigenvalue weighted by Gasteiger charge is 2.18. The first-order valence-corrected chi connectivity index (χ1v) is 10.3. The molecular weight excluding hydrogens is 375 g/mol. The van der Waals surface area contributed by atoms with Crippen molar-refractivity contribution in [2.24, 2.45) is 0 Å². The van der Waals surface area contributed by atoms with Crippen molar-refractivity contribution in [3.63, 3.8) is 0 Å². The highest BCUT2D eigenvalue weighted by Crippen LogP contribution is 2.24. The van der Waals surface area contributed by atoms with E-state index in [9.17, 15) is 17.6 Å². The molecule has 5 nitrogen and oxygen atoms in total. The van der Waals surface area contributed by atoms with Gasteiger partial charge in [0.25, 0.3) is 0 Å². The quantitative estimate of drug-likeness (QED) is 0.728. The minimum atomic E-state index is -3.57. The summed E-state index contributed by atoms with van der Waals surface area (Å²) >= 11 is 1.26. The van der Waals surface area contributed by atoms with Crippen molar-refractivity contribution in [3.05, 3.63) is 53.8 Å². The molecule has 0 unspecified atom stereocenters. The number of anilines is 1. The Morgan fingerprint density at radius 3 is 2.54 bits per heavy atom. The van der Waals surface area contributed by atoms with E-state index in [1.54, 1.807) is 31.2 Å². The average Bonchev–Trinajstić information content (AvgIpc) is 2.58. The highest BCUT2D eigenvalue weighted by molar-refractivity contribution is 7.99. The summed E-state index contributed by atoms with van der Waals surface area (Å²) in [4.78, 5) is 12.8. The van der Waals surface area contributed by atoms with Crippen molar-refractivity contribution in [2.75, 3.05) is 25.2 Å². The molecule has 2 aromatic carbocycles. The number of benzene rings is 2. The Morgan fingerprint density at radius 1 is 1.19 bits per heavy atom. The zero-order chi connectivity index (χ0) is 19.3. The van der Waals surface area contributed by atoms with Gasteiger partial charge in [-0.15, -0.1) is 11.8 Å². The summed E-state index contributed by atoms with van der Waals surface area (Å²) in [5.41, 5.74) is 1.21. The van der Waals surface area contributed by atoms with E-state index in [0.29, 0.717) is 16.3 Å². The normalized spacial score (nSPS) is 11.6. The van der Waals surface area contributed by atoms with Crippen LogP contribution in [-0.2, 0) is 14.8 Å². The number of thioether (sulfide) groups is 1. The van der Waals surface area contributed by atoms with Gasteiger partial charge in [0, 0.05) is 36.9 Å². The van der Waals surface area contributed by atoms with Crippen molar-refractivity contribution >= 4 is 33.4 Å². The lowest BCUT2D eigenvalue weighted by Gasteiger charge is -2.14. The van der Waals surface area contributed by atoms with E-state index in [2.05, 4.69) is 5.32 Å². The Morgan fingerprint density at radius 2 is 1.88 bits per heavy atom. The van der Waals surface area contributed by atoms with Crippen molar-refractivity contribution in [1.29, 1.82) is 0 Å². The molecule has 1 N–H and O–H groups in total. The SMILES string of the molecule is Cc1ccc(S(=O)(=O)N(C)C)cc1NC(=O)CCSc1ccccc1F. The number of nitrogens with zero attached hydrogens (tertiary/aromatic N) is 1. The van der Waals surface area contributed by atoms with E-state index in [1.807, 2.05) is 0 Å². The molecule has 140 valence electrons. The third-order valence-corrected chi connectivity index (χ3v) is 6.55. The number of carbonyl (C=O) groups excluding carboxylic acids is 1. The molecule has 2 aromatic rings. The number of rotatable bonds is 7. The van der Waals surface area contributed by atoms with Crippen LogP contribution in [0.3, 0.4) is 0 Å². The van der Waals surface area contributed by atoms with E-state index in [1.165, 1.54) is 44.1 Å². The van der Waals surface area contributed by atoms with Crippen LogP contribution in [0.15, 0.2) is 52.3 Å². The molecule has 0 spiro atoms. The van der Waals surface area contributed by atoms with Crippen LogP contribution in [0.2, 0.25) is 0 Å². The smallest absolute Gasteiger partial charge is 0.242 e. The predicted molar refractivity (Wildman–Crippen MR) is 102 cm³/mol. The molecular formula is C18H21FN2O3S2. The summed E-state index contributed by atoms with van der Waals surface area (Å²) in [5, 5.41) is 2.73. The van der Waals surface area contributed by atoms with E-state index >= 15 is 0 Å². The zero-order valence-corrected chi connectivity index (χ0v) is 16.5. The van der Waals surface area contributed by atoms with Gasteiger partial charge in [-0.3, -0.25) is 4.79 Å². The third kappa shape index (κ3) is 5.06. The van der Waals surface area contributed by atoms with Gasteiger partial charge in [0.15, 0.2) is 0 Å². The standard InChI is InChI=1S/C18H21FN2O3S2/c1-13-8-9-14(26(23,24)21(2)3)12-16(13)20-18(22)10-11-25-17-7-5-4-6-15(17)19/h4-9,12H,10-11H2,1-3H3,(H,20,22). The van der Waals surface area contributed by atoms with Gasteiger partial charge < -0.3 is 5.32 Å². The predicted octanol–water partition coefficient (Wildman–Crippen LogP) is 3.51. The van der Waals surface area contributed by atoms with Crippen molar-refractivity contribution in [1.82, 2.24) is 4.31 Å². The summed E-state index contributed by atoms with van der Waals surface area (Å²) in [6.45, 7) is 1.79. The van der Waals surface area contributed by atoms with Gasteiger partial charge in [-0.25, -0.2) is 17.1 Å². The maximum absolute atomic E-state index is 13.6. The fourth-order valence-electron chi connectivity index (χ4n) is 2.14. The van der Waals surface area contributed by atoms with Crippen molar-refractivity contribution in [2.45, 2.75) is 23.1 Å². The summed E-state index contributed by atoms with van der Waals surface area (Å²) < 4.78 is 39.1. The number of carbonyl (C=O) groups is 1. The Bertz CT molecular complexity index is 899. The molecule has 0 bridgehead atoms. The van der Waals surface area contributed by atoms with Crippen molar-refractivity contribution < 1.29 is 17.6 Å². The summed E-state index contributed by atoms with van der Waals surface area (Å²) in [6.07, 6.45) is 0.184. The van der Waals surface area contributed by atoms with E-state index in [4.69, 9.17) is 0 Å². The molecule has 0 aromatic heterocycles. The molecule has 0 radical (unpaired) electrons. The number of halogens is 1. The summed E-state index contributed by atoms with van der Waals surface area (Å²) in [7, 11) is -0.670. The molecule has 0 aliphatic heterocycles. The topological polar surface area (TPSA) is 66.5 Å². The maximum Gasteiger partial charge on any atom is 0.242 e. The van der Waals surface area contributed by atoms with Crippen molar-refractivity contribution in [3.8, 4) is 0 Å². The van der Waals surface area contributed by atoms with E-state index < -0.39 is 10.0 Å². The van der Waals surface area contributed by atoms with Crippen LogP contribution in [-0.4, -0.2) is 38.5 Å². The monoisotopic (exact) mass is 396 g/mol. The first-order valence-electron chi connectivity index (χ1n) is 7.92. The molecule has 0 atom stereocenters. The van der Waals surface area contributed by atoms with Crippen LogP contribution < -0.4 is 5.32 Å². The van der Waals surface area contributed by atoms with Gasteiger partial charge in [0.1, 0.15) is 5.82 Å². The first-order chi connectivity index (χ1) is 12.2. The second-order valence-corrected chi connectivity index (χ2v) is 9.13. The molecule has 0 saturated heterocycles. The number of nitrogens with one attached hydrogen (secondary N) is 1. The molecule has 0 aliphatic rings. The highest BCUT2D eigenvalue weighted by atomic mass is 32.2. The number of amides is 1. The molecule has 1 amide bonds. The second-order valence-electron chi connectivity index (χ2n) is 5.84. The van der Waals surface area contributed by atoms with Gasteiger partial charge in [-0.05, 0) is 36.8 Å². The Balaban J connectivity index is 2.01. The minimum Gasteiger partial charge on any atom is -0.326 e. The van der Waals surface area contributed by atoms with Crippen LogP contribution in [0.25, 0.3) is 0 Å². The van der Waals surface area contributed by atoms with Gasteiger partial charge in [0.05, 0.1) is 4.90 Å². The lowest BCUT2D eigenvalue weighted by atomic mass is 10.2. The van der Waals surface area contributed by atoms with E-state index in [0.717, 1.165) is 9.87 Å². The Labute approximate surface area is 157 Å². The zero-order valence-electron chi connectivity index (χ0n) is 14.8. The molecule has 2 rings (SSSR count). The van der Waals surface area contributed by atoms with Gasteiger partial charge >= 0.3 is 0 Å². The number of hydrogen-bond acceptors (Lipinski definition) is 4.